The SMILES string of the molecule is CCSC(=S)[S-].[K+]. The molecule has 0 fully saturated rings. The first-order valence-electron chi connectivity index (χ1n) is 1.61. The number of hydrogen-bond acceptors (Lipinski definition) is 3. The topological polar surface area (TPSA) is 0 Å². The minimum absolute atomic E-state index is 0. The fraction of sp³-hybridized carbons (Fsp3) is 0.667. The molecule has 0 aromatic rings. The van der Waals surface area contributed by atoms with Crippen LogP contribution in [0.1, 0.15) is 6.92 Å². The van der Waals surface area contributed by atoms with E-state index in [-0.39, 0.29) is 51.4 Å². The van der Waals surface area contributed by atoms with Gasteiger partial charge in [-0.25, -0.2) is 0 Å². The maximum Gasteiger partial charge on any atom is 1.00 e. The molecule has 7 heavy (non-hydrogen) atoms. The molecular formula is C3H5KS3. The average molecular weight is 176 g/mol. The summed E-state index contributed by atoms with van der Waals surface area (Å²) in [6, 6.07) is 0. The van der Waals surface area contributed by atoms with Crippen LogP contribution in [0.15, 0.2) is 0 Å². The van der Waals surface area contributed by atoms with Crippen LogP contribution >= 0.6 is 24.0 Å². The predicted molar refractivity (Wildman–Crippen MR) is 38.1 cm³/mol. The number of hydrogen-bond donors (Lipinski definition) is 0. The molecule has 0 atom stereocenters. The Bertz CT molecular complexity index is 54.1. The van der Waals surface area contributed by atoms with E-state index in [4.69, 9.17) is 0 Å². The van der Waals surface area contributed by atoms with Crippen molar-refractivity contribution in [1.82, 2.24) is 0 Å². The smallest absolute Gasteiger partial charge is 0.422 e. The van der Waals surface area contributed by atoms with Crippen molar-refractivity contribution in [3.05, 3.63) is 0 Å². The second-order valence-electron chi connectivity index (χ2n) is 0.683. The number of thioether (sulfide) groups is 1. The van der Waals surface area contributed by atoms with Gasteiger partial charge in [-0.05, 0) is 5.75 Å². The fourth-order valence-corrected chi connectivity index (χ4v) is 1.06. The van der Waals surface area contributed by atoms with Crippen molar-refractivity contribution < 1.29 is 51.4 Å². The fourth-order valence-electron chi connectivity index (χ4n) is 0.118. The Hall–Kier alpha value is 2.30. The third kappa shape index (κ3) is 11.7. The summed E-state index contributed by atoms with van der Waals surface area (Å²) >= 11 is 10.7. The van der Waals surface area contributed by atoms with Gasteiger partial charge in [-0.3, -0.25) is 0 Å². The van der Waals surface area contributed by atoms with Gasteiger partial charge in [-0.2, -0.15) is 0 Å². The Morgan fingerprint density at radius 2 is 2.29 bits per heavy atom. The zero-order valence-corrected chi connectivity index (χ0v) is 10.0. The maximum atomic E-state index is 4.57. The molecule has 0 radical (unpaired) electrons. The molecule has 0 aromatic carbocycles. The summed E-state index contributed by atoms with van der Waals surface area (Å²) in [6.07, 6.45) is 0. The summed E-state index contributed by atoms with van der Waals surface area (Å²) in [6.45, 7) is 2.03. The molecular weight excluding hydrogens is 171 g/mol. The van der Waals surface area contributed by atoms with Crippen LogP contribution in [0.2, 0.25) is 0 Å². The van der Waals surface area contributed by atoms with Crippen LogP contribution < -0.4 is 51.4 Å². The van der Waals surface area contributed by atoms with Gasteiger partial charge in [0, 0.05) is 0 Å². The second kappa shape index (κ2) is 8.30. The zero-order valence-electron chi connectivity index (χ0n) is 4.43. The summed E-state index contributed by atoms with van der Waals surface area (Å²) in [4.78, 5) is 0. The van der Waals surface area contributed by atoms with Crippen LogP contribution in [0.5, 0.6) is 0 Å². The number of rotatable bonds is 1. The summed E-state index contributed by atoms with van der Waals surface area (Å²) in [7, 11) is 0. The molecule has 0 nitrogen and oxygen atoms in total. The molecule has 0 heterocycles. The third-order valence-electron chi connectivity index (χ3n) is 0.262. The molecule has 0 spiro atoms. The quantitative estimate of drug-likeness (QED) is 0.273. The summed E-state index contributed by atoms with van der Waals surface area (Å²) in [5, 5.41) is 0. The van der Waals surface area contributed by atoms with Gasteiger partial charge >= 0.3 is 51.4 Å². The van der Waals surface area contributed by atoms with Gasteiger partial charge < -0.3 is 24.8 Å². The second-order valence-corrected chi connectivity index (χ2v) is 3.55. The van der Waals surface area contributed by atoms with Crippen LogP contribution in [0.4, 0.5) is 0 Å². The van der Waals surface area contributed by atoms with Gasteiger partial charge in [-0.1, -0.05) is 10.5 Å². The molecule has 0 saturated carbocycles. The number of thiocarbonyl (C=S) groups is 1. The van der Waals surface area contributed by atoms with E-state index < -0.39 is 0 Å². The van der Waals surface area contributed by atoms with E-state index in [9.17, 15) is 0 Å². The van der Waals surface area contributed by atoms with Crippen LogP contribution in [-0.4, -0.2) is 9.28 Å². The first kappa shape index (κ1) is 12.0. The molecule has 0 unspecified atom stereocenters. The standard InChI is InChI=1S/C3H6S3.K/c1-2-6-3(4)5;/h2H2,1H3,(H,4,5);/q;+1/p-1. The Morgan fingerprint density at radius 3 is 2.29 bits per heavy atom. The molecule has 0 aliphatic carbocycles. The largest absolute Gasteiger partial charge is 1.00 e. The van der Waals surface area contributed by atoms with Gasteiger partial charge in [0.25, 0.3) is 0 Å². The molecule has 0 aromatic heterocycles. The van der Waals surface area contributed by atoms with Crippen LogP contribution in [0.25, 0.3) is 0 Å². The van der Waals surface area contributed by atoms with E-state index >= 15 is 0 Å². The van der Waals surface area contributed by atoms with E-state index in [2.05, 4.69) is 24.8 Å². The van der Waals surface area contributed by atoms with Gasteiger partial charge in [0.05, 0.1) is 0 Å². The molecule has 0 N–H and O–H groups in total. The Morgan fingerprint density at radius 1 is 1.86 bits per heavy atom. The summed E-state index contributed by atoms with van der Waals surface area (Å²) in [5.74, 6) is 1.00. The minimum atomic E-state index is 0. The van der Waals surface area contributed by atoms with Crippen molar-refractivity contribution in [2.45, 2.75) is 6.92 Å². The maximum absolute atomic E-state index is 4.57. The van der Waals surface area contributed by atoms with Crippen LogP contribution in [-0.2, 0) is 12.6 Å². The van der Waals surface area contributed by atoms with Crippen LogP contribution in [0, 0.1) is 0 Å². The molecule has 0 rings (SSSR count). The van der Waals surface area contributed by atoms with Gasteiger partial charge in [-0.15, -0.1) is 11.8 Å². The van der Waals surface area contributed by atoms with E-state index in [1.807, 2.05) is 6.92 Å². The molecule has 0 aliphatic rings. The molecule has 0 bridgehead atoms. The van der Waals surface area contributed by atoms with E-state index in [1.54, 1.807) is 0 Å². The summed E-state index contributed by atoms with van der Waals surface area (Å²) < 4.78 is 0.623. The van der Waals surface area contributed by atoms with Gasteiger partial charge in [0.1, 0.15) is 0 Å². The Kier molecular flexibility index (Phi) is 14.2. The first-order valence-corrected chi connectivity index (χ1v) is 3.41. The van der Waals surface area contributed by atoms with E-state index in [1.165, 1.54) is 11.8 Å². The zero-order chi connectivity index (χ0) is 4.99. The van der Waals surface area contributed by atoms with Gasteiger partial charge in [0.2, 0.25) is 0 Å². The van der Waals surface area contributed by atoms with Gasteiger partial charge in [0.15, 0.2) is 0 Å². The molecule has 36 valence electrons. The third-order valence-corrected chi connectivity index (χ3v) is 1.49. The first-order chi connectivity index (χ1) is 2.77. The van der Waals surface area contributed by atoms with Crippen molar-refractivity contribution in [2.75, 3.05) is 5.75 Å². The van der Waals surface area contributed by atoms with Crippen molar-refractivity contribution in [1.29, 1.82) is 0 Å². The molecule has 4 heteroatoms. The Labute approximate surface area is 102 Å². The van der Waals surface area contributed by atoms with Crippen molar-refractivity contribution >= 4 is 40.1 Å². The van der Waals surface area contributed by atoms with Crippen molar-refractivity contribution in [3.8, 4) is 0 Å². The molecule has 0 saturated heterocycles. The molecule has 0 aliphatic heterocycles. The summed E-state index contributed by atoms with van der Waals surface area (Å²) in [5.41, 5.74) is 0. The molecule has 0 amide bonds. The average Bonchev–Trinajstić information content (AvgIpc) is 1.35. The van der Waals surface area contributed by atoms with Crippen LogP contribution in [0.3, 0.4) is 0 Å². The predicted octanol–water partition coefficient (Wildman–Crippen LogP) is -1.42. The Balaban J connectivity index is 0. The van der Waals surface area contributed by atoms with Crippen molar-refractivity contribution in [3.63, 3.8) is 0 Å². The van der Waals surface area contributed by atoms with E-state index in [0.29, 0.717) is 3.53 Å². The van der Waals surface area contributed by atoms with Crippen molar-refractivity contribution in [2.24, 2.45) is 0 Å². The monoisotopic (exact) mass is 176 g/mol. The minimum Gasteiger partial charge on any atom is -0.422 e. The normalized spacial score (nSPS) is 7.00. The van der Waals surface area contributed by atoms with E-state index in [0.717, 1.165) is 5.75 Å².